The van der Waals surface area contributed by atoms with E-state index >= 15 is 0 Å². The second-order valence-electron chi connectivity index (χ2n) is 8.86. The molecule has 0 spiro atoms. The van der Waals surface area contributed by atoms with Crippen LogP contribution in [-0.4, -0.2) is 55.7 Å². The van der Waals surface area contributed by atoms with Crippen LogP contribution in [0.25, 0.3) is 0 Å². The van der Waals surface area contributed by atoms with Gasteiger partial charge in [0.1, 0.15) is 16.3 Å². The van der Waals surface area contributed by atoms with Gasteiger partial charge in [-0.3, -0.25) is 18.5 Å². The van der Waals surface area contributed by atoms with E-state index in [9.17, 15) is 40.9 Å². The Morgan fingerprint density at radius 1 is 0.837 bits per heavy atom. The number of benzene rings is 2. The van der Waals surface area contributed by atoms with Gasteiger partial charge in [-0.05, 0) is 62.7 Å². The molecule has 0 aliphatic heterocycles. The number of aromatic nitrogens is 4. The van der Waals surface area contributed by atoms with Gasteiger partial charge >= 0.3 is 6.01 Å². The van der Waals surface area contributed by atoms with Crippen LogP contribution in [0.2, 0.25) is 0 Å². The molecule has 0 saturated heterocycles. The number of pyridine rings is 1. The summed E-state index contributed by atoms with van der Waals surface area (Å²) >= 11 is 0. The fourth-order valence-corrected chi connectivity index (χ4v) is 4.94. The van der Waals surface area contributed by atoms with E-state index in [2.05, 4.69) is 35.8 Å². The Bertz CT molecular complexity index is 2050. The van der Waals surface area contributed by atoms with E-state index in [1.165, 1.54) is 32.0 Å². The third-order valence-electron chi connectivity index (χ3n) is 6.03. The highest BCUT2D eigenvalue weighted by molar-refractivity contribution is 7.86. The zero-order valence-electron chi connectivity index (χ0n) is 22.6. The van der Waals surface area contributed by atoms with Crippen LogP contribution >= 0.6 is 0 Å². The number of hydrogen-bond donors (Lipinski definition) is 6. The fraction of sp³-hybridized carbons (Fsp3) is 0.167. The SMILES string of the molecule is CCn1c(O)c(N=Nc2cc(Nc3nc(O)nc(Nc4cccc(S(=O)(=O)O)c4)n3)ccc2S(=O)(=O)O)c(C)c(C)c1=O. The molecule has 19 heteroatoms. The summed E-state index contributed by atoms with van der Waals surface area (Å²) in [4.78, 5) is 22.9. The maximum absolute atomic E-state index is 12.4. The summed E-state index contributed by atoms with van der Waals surface area (Å²) in [6, 6.07) is 7.71. The Kier molecular flexibility index (Phi) is 8.44. The minimum atomic E-state index is -4.79. The smallest absolute Gasteiger partial charge is 0.320 e. The van der Waals surface area contributed by atoms with E-state index in [0.717, 1.165) is 28.8 Å². The Hall–Kier alpha value is -4.98. The lowest BCUT2D eigenvalue weighted by atomic mass is 10.1. The zero-order chi connectivity index (χ0) is 31.7. The van der Waals surface area contributed by atoms with Crippen molar-refractivity contribution in [3.8, 4) is 11.9 Å². The molecule has 0 unspecified atom stereocenters. The van der Waals surface area contributed by atoms with E-state index < -0.39 is 47.5 Å². The first kappa shape index (κ1) is 31.0. The van der Waals surface area contributed by atoms with Crippen LogP contribution in [0.3, 0.4) is 0 Å². The summed E-state index contributed by atoms with van der Waals surface area (Å²) in [5.74, 6) is -0.961. The van der Waals surface area contributed by atoms with Gasteiger partial charge in [-0.1, -0.05) is 6.07 Å². The number of nitrogens with zero attached hydrogens (tertiary/aromatic N) is 6. The molecule has 4 rings (SSSR count). The third kappa shape index (κ3) is 6.92. The van der Waals surface area contributed by atoms with E-state index in [1.54, 1.807) is 6.92 Å². The number of hydrogen-bond acceptors (Lipinski definition) is 14. The van der Waals surface area contributed by atoms with Gasteiger partial charge in [0.25, 0.3) is 25.8 Å². The molecule has 2 heterocycles. The number of nitrogens with one attached hydrogen (secondary N) is 2. The van der Waals surface area contributed by atoms with E-state index in [1.807, 2.05) is 0 Å². The first-order valence-electron chi connectivity index (χ1n) is 12.1. The highest BCUT2D eigenvalue weighted by atomic mass is 32.2. The predicted molar refractivity (Wildman–Crippen MR) is 152 cm³/mol. The monoisotopic (exact) mass is 632 g/mol. The summed E-state index contributed by atoms with van der Waals surface area (Å²) < 4.78 is 67.0. The second kappa shape index (κ2) is 11.7. The van der Waals surface area contributed by atoms with Gasteiger partial charge in [-0.2, -0.15) is 31.8 Å². The van der Waals surface area contributed by atoms with Gasteiger partial charge in [0.05, 0.1) is 4.90 Å². The Morgan fingerprint density at radius 2 is 1.47 bits per heavy atom. The normalized spacial score (nSPS) is 12.0. The Balaban J connectivity index is 1.71. The van der Waals surface area contributed by atoms with Crippen molar-refractivity contribution in [2.45, 2.75) is 37.1 Å². The molecule has 0 radical (unpaired) electrons. The summed E-state index contributed by atoms with van der Waals surface area (Å²) in [5, 5.41) is 33.8. The van der Waals surface area contributed by atoms with E-state index in [4.69, 9.17) is 0 Å². The Morgan fingerprint density at radius 3 is 2.05 bits per heavy atom. The molecule has 6 N–H and O–H groups in total. The van der Waals surface area contributed by atoms with Crippen molar-refractivity contribution >= 4 is 54.9 Å². The number of anilines is 4. The lowest BCUT2D eigenvalue weighted by Gasteiger charge is -2.12. The third-order valence-corrected chi connectivity index (χ3v) is 7.78. The van der Waals surface area contributed by atoms with Crippen molar-refractivity contribution in [1.82, 2.24) is 19.5 Å². The van der Waals surface area contributed by atoms with Crippen LogP contribution in [0, 0.1) is 13.8 Å². The first-order chi connectivity index (χ1) is 20.1. The fourth-order valence-electron chi connectivity index (χ4n) is 3.81. The van der Waals surface area contributed by atoms with Gasteiger partial charge in [-0.15, -0.1) is 10.2 Å². The van der Waals surface area contributed by atoms with Crippen molar-refractivity contribution in [2.24, 2.45) is 10.2 Å². The highest BCUT2D eigenvalue weighted by Gasteiger charge is 2.19. The largest absolute Gasteiger partial charge is 0.493 e. The lowest BCUT2D eigenvalue weighted by Crippen LogP contribution is -2.22. The predicted octanol–water partition coefficient (Wildman–Crippen LogP) is 3.48. The van der Waals surface area contributed by atoms with Crippen molar-refractivity contribution in [3.05, 3.63) is 63.9 Å². The molecule has 0 fully saturated rings. The molecule has 0 aliphatic rings. The summed E-state index contributed by atoms with van der Waals surface area (Å²) in [7, 11) is -9.28. The molecular weight excluding hydrogens is 608 g/mol. The van der Waals surface area contributed by atoms with Crippen molar-refractivity contribution in [2.75, 3.05) is 10.6 Å². The number of azo groups is 1. The molecule has 17 nitrogen and oxygen atoms in total. The maximum Gasteiger partial charge on any atom is 0.320 e. The molecule has 2 aromatic heterocycles. The summed E-state index contributed by atoms with van der Waals surface area (Å²) in [5.41, 5.74) is -0.0188. The maximum atomic E-state index is 12.4. The van der Waals surface area contributed by atoms with Gasteiger partial charge in [0.2, 0.25) is 17.8 Å². The molecule has 4 aromatic rings. The topological polar surface area (TPSA) is 259 Å². The molecule has 43 heavy (non-hydrogen) atoms. The van der Waals surface area contributed by atoms with Gasteiger partial charge in [0.15, 0.2) is 0 Å². The van der Waals surface area contributed by atoms with E-state index in [0.29, 0.717) is 11.1 Å². The average Bonchev–Trinajstić information content (AvgIpc) is 2.91. The molecule has 2 aromatic carbocycles. The zero-order valence-corrected chi connectivity index (χ0v) is 24.2. The first-order valence-corrected chi connectivity index (χ1v) is 15.0. The summed E-state index contributed by atoms with van der Waals surface area (Å²) in [6.45, 7) is 4.84. The minimum Gasteiger partial charge on any atom is -0.493 e. The van der Waals surface area contributed by atoms with Crippen LogP contribution < -0.4 is 16.2 Å². The Labute approximate surface area is 244 Å². The van der Waals surface area contributed by atoms with Gasteiger partial charge in [0, 0.05) is 23.5 Å². The van der Waals surface area contributed by atoms with E-state index in [-0.39, 0.29) is 41.2 Å². The lowest BCUT2D eigenvalue weighted by molar-refractivity contribution is 0.411. The molecule has 0 amide bonds. The minimum absolute atomic E-state index is 0.0882. The van der Waals surface area contributed by atoms with Gasteiger partial charge < -0.3 is 20.8 Å². The molecule has 226 valence electrons. The second-order valence-corrected chi connectivity index (χ2v) is 11.7. The quantitative estimate of drug-likeness (QED) is 0.114. The van der Waals surface area contributed by atoms with Crippen LogP contribution in [0.5, 0.6) is 11.9 Å². The standard InChI is InChI=1S/C24H24N8O9S2/c1-4-32-20(33)13(3)12(2)19(21(32)34)31-30-17-11-15(8-9-18(17)43(39,40)41)26-23-27-22(28-24(35)29-23)25-14-6-5-7-16(10-14)42(36,37)38/h5-11,34H,4H2,1-3H3,(H,36,37,38)(H,39,40,41)(H3,25,26,27,28,29,35). The van der Waals surface area contributed by atoms with Crippen molar-refractivity contribution < 1.29 is 36.2 Å². The van der Waals surface area contributed by atoms with Gasteiger partial charge in [-0.25, -0.2) is 0 Å². The van der Waals surface area contributed by atoms with Crippen molar-refractivity contribution in [3.63, 3.8) is 0 Å². The molecular formula is C24H24N8O9S2. The molecule has 0 aliphatic carbocycles. The van der Waals surface area contributed by atoms with Crippen LogP contribution in [0.4, 0.5) is 34.6 Å². The average molecular weight is 633 g/mol. The van der Waals surface area contributed by atoms with Crippen molar-refractivity contribution in [1.29, 1.82) is 0 Å². The molecule has 0 saturated carbocycles. The molecule has 0 bridgehead atoms. The number of rotatable bonds is 9. The number of aromatic hydroxyl groups is 2. The molecule has 0 atom stereocenters. The van der Waals surface area contributed by atoms with Crippen LogP contribution in [0.15, 0.2) is 67.3 Å². The summed E-state index contributed by atoms with van der Waals surface area (Å²) in [6.07, 6.45) is 0. The highest BCUT2D eigenvalue weighted by Crippen LogP contribution is 2.35. The van der Waals surface area contributed by atoms with Crippen LogP contribution in [0.1, 0.15) is 18.1 Å². The van der Waals surface area contributed by atoms with Crippen LogP contribution in [-0.2, 0) is 26.8 Å².